The molecular weight excluding hydrogens is 194 g/mol. The van der Waals surface area contributed by atoms with Crippen molar-refractivity contribution >= 4 is 5.97 Å². The first kappa shape index (κ1) is 11.1. The van der Waals surface area contributed by atoms with E-state index in [1.165, 1.54) is 13.1 Å². The number of aromatic nitrogens is 2. The number of esters is 1. The molecule has 0 bridgehead atoms. The lowest BCUT2D eigenvalue weighted by atomic mass is 9.88. The first-order valence-corrected chi connectivity index (χ1v) is 4.51. The van der Waals surface area contributed by atoms with E-state index in [1.807, 2.05) is 6.07 Å². The average Bonchev–Trinajstić information content (AvgIpc) is 2.29. The van der Waals surface area contributed by atoms with Crippen molar-refractivity contribution in [3.63, 3.8) is 0 Å². The summed E-state index contributed by atoms with van der Waals surface area (Å²) in [6.07, 6.45) is 1.48. The van der Waals surface area contributed by atoms with Gasteiger partial charge in [0, 0.05) is 6.20 Å². The van der Waals surface area contributed by atoms with Crippen LogP contribution in [-0.4, -0.2) is 22.8 Å². The molecule has 0 spiro atoms. The van der Waals surface area contributed by atoms with Crippen LogP contribution in [0.2, 0.25) is 0 Å². The average molecular weight is 205 g/mol. The molecule has 0 aliphatic rings. The molecule has 5 nitrogen and oxygen atoms in total. The van der Waals surface area contributed by atoms with Gasteiger partial charge < -0.3 is 4.74 Å². The zero-order valence-corrected chi connectivity index (χ0v) is 8.60. The fourth-order valence-electron chi connectivity index (χ4n) is 1.05. The molecule has 78 valence electrons. The minimum Gasteiger partial charge on any atom is -0.465 e. The highest BCUT2D eigenvalue weighted by atomic mass is 16.5. The van der Waals surface area contributed by atoms with E-state index in [2.05, 4.69) is 10.2 Å². The number of ether oxygens (including phenoxy) is 1. The second kappa shape index (κ2) is 4.51. The summed E-state index contributed by atoms with van der Waals surface area (Å²) in [6, 6.07) is 5.10. The minimum absolute atomic E-state index is 0.233. The Balaban J connectivity index is 3.07. The highest BCUT2D eigenvalue weighted by molar-refractivity contribution is 5.85. The highest BCUT2D eigenvalue weighted by Gasteiger charge is 2.38. The highest BCUT2D eigenvalue weighted by Crippen LogP contribution is 2.21. The Morgan fingerprint density at radius 3 is 2.93 bits per heavy atom. The van der Waals surface area contributed by atoms with Crippen LogP contribution in [0.1, 0.15) is 19.5 Å². The van der Waals surface area contributed by atoms with Gasteiger partial charge in [-0.2, -0.15) is 15.5 Å². The van der Waals surface area contributed by atoms with Crippen LogP contribution in [0.4, 0.5) is 0 Å². The van der Waals surface area contributed by atoms with Gasteiger partial charge in [-0.15, -0.1) is 0 Å². The third-order valence-corrected chi connectivity index (χ3v) is 1.99. The molecule has 1 rings (SSSR count). The minimum atomic E-state index is -1.38. The quantitative estimate of drug-likeness (QED) is 0.683. The summed E-state index contributed by atoms with van der Waals surface area (Å²) in [5.74, 6) is -0.604. The largest absolute Gasteiger partial charge is 0.465 e. The predicted molar refractivity (Wildman–Crippen MR) is 51.6 cm³/mol. The van der Waals surface area contributed by atoms with Crippen LogP contribution < -0.4 is 0 Å². The smallest absolute Gasteiger partial charge is 0.332 e. The summed E-state index contributed by atoms with van der Waals surface area (Å²) in [7, 11) is 0. The lowest BCUT2D eigenvalue weighted by Gasteiger charge is -2.17. The van der Waals surface area contributed by atoms with E-state index >= 15 is 0 Å². The first-order valence-electron chi connectivity index (χ1n) is 4.51. The monoisotopic (exact) mass is 205 g/mol. The van der Waals surface area contributed by atoms with Gasteiger partial charge in [0.1, 0.15) is 0 Å². The standard InChI is InChI=1S/C10H11N3O2/c1-3-15-9(14)10(2,7-11)8-5-4-6-12-13-8/h4-6H,3H2,1-2H3. The number of nitrogens with zero attached hydrogens (tertiary/aromatic N) is 3. The molecule has 0 N–H and O–H groups in total. The molecule has 1 atom stereocenters. The number of hydrogen-bond donors (Lipinski definition) is 0. The van der Waals surface area contributed by atoms with E-state index in [1.54, 1.807) is 19.1 Å². The van der Waals surface area contributed by atoms with E-state index in [4.69, 9.17) is 10.00 Å². The molecule has 5 heteroatoms. The Kier molecular flexibility index (Phi) is 3.34. The summed E-state index contributed by atoms with van der Waals surface area (Å²) in [5, 5.41) is 16.4. The van der Waals surface area contributed by atoms with Gasteiger partial charge in [-0.05, 0) is 26.0 Å². The third-order valence-electron chi connectivity index (χ3n) is 1.99. The maximum atomic E-state index is 11.6. The van der Waals surface area contributed by atoms with Crippen molar-refractivity contribution < 1.29 is 9.53 Å². The van der Waals surface area contributed by atoms with Crippen molar-refractivity contribution in [1.82, 2.24) is 10.2 Å². The molecule has 1 aromatic rings. The molecule has 0 aliphatic carbocycles. The lowest BCUT2D eigenvalue weighted by Crippen LogP contribution is -2.34. The van der Waals surface area contributed by atoms with Crippen LogP contribution in [0.3, 0.4) is 0 Å². The SMILES string of the molecule is CCOC(=O)C(C)(C#N)c1cccnn1. The van der Waals surface area contributed by atoms with Gasteiger partial charge in [-0.25, -0.2) is 4.79 Å². The topological polar surface area (TPSA) is 75.9 Å². The summed E-state index contributed by atoms with van der Waals surface area (Å²) in [5.41, 5.74) is -1.09. The Morgan fingerprint density at radius 1 is 1.73 bits per heavy atom. The van der Waals surface area contributed by atoms with Gasteiger partial charge in [-0.1, -0.05) is 0 Å². The van der Waals surface area contributed by atoms with Gasteiger partial charge in [0.2, 0.25) is 0 Å². The maximum Gasteiger partial charge on any atom is 0.332 e. The fourth-order valence-corrected chi connectivity index (χ4v) is 1.05. The number of rotatable bonds is 3. The molecule has 0 saturated carbocycles. The molecule has 1 heterocycles. The lowest BCUT2D eigenvalue weighted by molar-refractivity contribution is -0.147. The molecule has 0 aromatic carbocycles. The van der Waals surface area contributed by atoms with E-state index in [0.29, 0.717) is 5.69 Å². The van der Waals surface area contributed by atoms with Crippen LogP contribution in [0.25, 0.3) is 0 Å². The first-order chi connectivity index (χ1) is 7.15. The third kappa shape index (κ3) is 2.10. The Hall–Kier alpha value is -1.96. The second-order valence-electron chi connectivity index (χ2n) is 3.07. The van der Waals surface area contributed by atoms with E-state index in [-0.39, 0.29) is 6.61 Å². The number of nitriles is 1. The molecule has 0 amide bonds. The van der Waals surface area contributed by atoms with Crippen LogP contribution in [-0.2, 0) is 14.9 Å². The molecule has 1 aromatic heterocycles. The number of carbonyl (C=O) groups excluding carboxylic acids is 1. The summed E-state index contributed by atoms with van der Waals surface area (Å²) in [6.45, 7) is 3.39. The zero-order valence-electron chi connectivity index (χ0n) is 8.60. The molecule has 1 unspecified atom stereocenters. The summed E-state index contributed by atoms with van der Waals surface area (Å²) >= 11 is 0. The van der Waals surface area contributed by atoms with Crippen LogP contribution >= 0.6 is 0 Å². The summed E-state index contributed by atoms with van der Waals surface area (Å²) in [4.78, 5) is 11.6. The van der Waals surface area contributed by atoms with Crippen LogP contribution in [0.5, 0.6) is 0 Å². The van der Waals surface area contributed by atoms with Gasteiger partial charge in [0.25, 0.3) is 0 Å². The van der Waals surface area contributed by atoms with Crippen LogP contribution in [0.15, 0.2) is 18.3 Å². The van der Waals surface area contributed by atoms with Crippen molar-refractivity contribution in [1.29, 1.82) is 5.26 Å². The normalized spacial score (nSPS) is 13.7. The Bertz CT molecular complexity index is 385. The molecular formula is C10H11N3O2. The van der Waals surface area contributed by atoms with Gasteiger partial charge in [0.15, 0.2) is 5.41 Å². The maximum absolute atomic E-state index is 11.6. The van der Waals surface area contributed by atoms with Crippen molar-refractivity contribution in [2.75, 3.05) is 6.61 Å². The molecule has 0 aliphatic heterocycles. The fraction of sp³-hybridized carbons (Fsp3) is 0.400. The van der Waals surface area contributed by atoms with Gasteiger partial charge >= 0.3 is 5.97 Å². The Morgan fingerprint density at radius 2 is 2.47 bits per heavy atom. The van der Waals surface area contributed by atoms with Crippen LogP contribution in [0, 0.1) is 11.3 Å². The van der Waals surface area contributed by atoms with Gasteiger partial charge in [0.05, 0.1) is 18.4 Å². The molecule has 0 fully saturated rings. The molecule has 0 saturated heterocycles. The number of hydrogen-bond acceptors (Lipinski definition) is 5. The number of carbonyl (C=O) groups is 1. The van der Waals surface area contributed by atoms with Crippen molar-refractivity contribution in [2.45, 2.75) is 19.3 Å². The van der Waals surface area contributed by atoms with E-state index in [0.717, 1.165) is 0 Å². The Labute approximate surface area is 87.7 Å². The van der Waals surface area contributed by atoms with Crippen molar-refractivity contribution in [3.8, 4) is 6.07 Å². The second-order valence-corrected chi connectivity index (χ2v) is 3.07. The predicted octanol–water partition coefficient (Wildman–Crippen LogP) is 0.821. The zero-order chi connectivity index (χ0) is 11.3. The molecule has 15 heavy (non-hydrogen) atoms. The van der Waals surface area contributed by atoms with Crippen molar-refractivity contribution in [2.24, 2.45) is 0 Å². The van der Waals surface area contributed by atoms with Crippen molar-refractivity contribution in [3.05, 3.63) is 24.0 Å². The van der Waals surface area contributed by atoms with E-state index in [9.17, 15) is 4.79 Å². The summed E-state index contributed by atoms with van der Waals surface area (Å²) < 4.78 is 4.82. The molecule has 0 radical (unpaired) electrons. The van der Waals surface area contributed by atoms with Gasteiger partial charge in [-0.3, -0.25) is 0 Å². The van der Waals surface area contributed by atoms with E-state index < -0.39 is 11.4 Å².